The molecule has 0 N–H and O–H groups in total. The Morgan fingerprint density at radius 2 is 2.13 bits per heavy atom. The molecule has 3 fully saturated rings. The van der Waals surface area contributed by atoms with Crippen molar-refractivity contribution < 1.29 is 23.8 Å². The van der Waals surface area contributed by atoms with Gasteiger partial charge in [0.15, 0.2) is 17.5 Å². The van der Waals surface area contributed by atoms with Crippen LogP contribution in [-0.4, -0.2) is 41.8 Å². The van der Waals surface area contributed by atoms with E-state index in [1.807, 2.05) is 6.92 Å². The quantitative estimate of drug-likeness (QED) is 0.451. The molecule has 3 aliphatic rings. The normalized spacial score (nSPS) is 44.7. The van der Waals surface area contributed by atoms with Gasteiger partial charge in [-0.15, -0.1) is 0 Å². The number of hydrogen-bond donors (Lipinski definition) is 0. The van der Waals surface area contributed by atoms with Crippen LogP contribution in [0.25, 0.3) is 0 Å². The van der Waals surface area contributed by atoms with Crippen LogP contribution in [0.4, 0.5) is 0 Å². The van der Waals surface area contributed by atoms with Crippen LogP contribution in [0.2, 0.25) is 0 Å². The van der Waals surface area contributed by atoms with E-state index in [1.165, 1.54) is 0 Å². The molecule has 5 heteroatoms. The molecule has 1 aliphatic carbocycles. The van der Waals surface area contributed by atoms with Gasteiger partial charge in [0.25, 0.3) is 0 Å². The van der Waals surface area contributed by atoms with E-state index in [0.29, 0.717) is 12.3 Å². The number of carbonyl (C=O) groups excluding carboxylic acids is 2. The first kappa shape index (κ1) is 16.7. The van der Waals surface area contributed by atoms with Crippen molar-refractivity contribution in [2.24, 2.45) is 17.8 Å². The second-order valence-electron chi connectivity index (χ2n) is 7.52. The SMILES string of the molecule is C=C(C)[C@@H]1O[C@H](C(=O)OCC)[C@@]23O[C@]2(C)C(=O)C[C@H](C(C)C)[C@@H]13. The molecule has 2 aliphatic heterocycles. The summed E-state index contributed by atoms with van der Waals surface area (Å²) in [6.07, 6.45) is -0.681. The van der Waals surface area contributed by atoms with Gasteiger partial charge in [-0.1, -0.05) is 26.0 Å². The molecular weight excluding hydrogens is 296 g/mol. The minimum atomic E-state index is -0.940. The third kappa shape index (κ3) is 1.99. The molecule has 2 saturated heterocycles. The summed E-state index contributed by atoms with van der Waals surface area (Å²) >= 11 is 0. The van der Waals surface area contributed by atoms with Gasteiger partial charge in [0.1, 0.15) is 5.60 Å². The molecule has 0 aromatic heterocycles. The Bertz CT molecular complexity index is 568. The zero-order chi connectivity index (χ0) is 17.2. The number of epoxide rings is 1. The fourth-order valence-electron chi connectivity index (χ4n) is 4.61. The Kier molecular flexibility index (Phi) is 3.73. The van der Waals surface area contributed by atoms with Gasteiger partial charge in [-0.25, -0.2) is 4.79 Å². The highest BCUT2D eigenvalue weighted by Gasteiger charge is 2.86. The maximum absolute atomic E-state index is 12.7. The van der Waals surface area contributed by atoms with Crippen molar-refractivity contribution >= 4 is 11.8 Å². The van der Waals surface area contributed by atoms with Crippen LogP contribution in [0, 0.1) is 17.8 Å². The van der Waals surface area contributed by atoms with Crippen molar-refractivity contribution in [2.45, 2.75) is 64.4 Å². The fourth-order valence-corrected chi connectivity index (χ4v) is 4.61. The van der Waals surface area contributed by atoms with Crippen LogP contribution in [0.5, 0.6) is 0 Å². The van der Waals surface area contributed by atoms with Crippen LogP contribution < -0.4 is 0 Å². The highest BCUT2D eigenvalue weighted by molar-refractivity contribution is 5.96. The summed E-state index contributed by atoms with van der Waals surface area (Å²) in [5.74, 6) is -0.0211. The first-order valence-electron chi connectivity index (χ1n) is 8.41. The average molecular weight is 322 g/mol. The third-order valence-corrected chi connectivity index (χ3v) is 5.83. The molecule has 128 valence electrons. The average Bonchev–Trinajstić information content (AvgIpc) is 2.95. The summed E-state index contributed by atoms with van der Waals surface area (Å²) in [5, 5.41) is 0. The summed E-state index contributed by atoms with van der Waals surface area (Å²) in [6, 6.07) is 0. The highest BCUT2D eigenvalue weighted by atomic mass is 16.7. The largest absolute Gasteiger partial charge is 0.464 e. The Hall–Kier alpha value is -1.20. The van der Waals surface area contributed by atoms with E-state index < -0.39 is 23.3 Å². The van der Waals surface area contributed by atoms with E-state index in [2.05, 4.69) is 20.4 Å². The topological polar surface area (TPSA) is 65.1 Å². The zero-order valence-corrected chi connectivity index (χ0v) is 14.5. The molecule has 5 nitrogen and oxygen atoms in total. The molecule has 0 bridgehead atoms. The van der Waals surface area contributed by atoms with Gasteiger partial charge >= 0.3 is 5.97 Å². The number of Topliss-reactive ketones (excluding diaryl/α,β-unsaturated/α-hetero) is 1. The number of carbonyl (C=O) groups is 2. The third-order valence-electron chi connectivity index (χ3n) is 5.83. The molecule has 0 unspecified atom stereocenters. The van der Waals surface area contributed by atoms with Crippen molar-refractivity contribution in [2.75, 3.05) is 6.61 Å². The number of ether oxygens (including phenoxy) is 3. The van der Waals surface area contributed by atoms with Crippen LogP contribution >= 0.6 is 0 Å². The van der Waals surface area contributed by atoms with Gasteiger partial charge in [0.2, 0.25) is 0 Å². The summed E-state index contributed by atoms with van der Waals surface area (Å²) in [7, 11) is 0. The van der Waals surface area contributed by atoms with Crippen LogP contribution in [0.15, 0.2) is 12.2 Å². The number of rotatable bonds is 4. The number of esters is 1. The minimum Gasteiger partial charge on any atom is -0.464 e. The van der Waals surface area contributed by atoms with Crippen molar-refractivity contribution in [3.8, 4) is 0 Å². The van der Waals surface area contributed by atoms with E-state index in [0.717, 1.165) is 5.57 Å². The van der Waals surface area contributed by atoms with Gasteiger partial charge in [0.05, 0.1) is 12.7 Å². The lowest BCUT2D eigenvalue weighted by Gasteiger charge is -2.37. The predicted octanol–water partition coefficient (Wildman–Crippen LogP) is 2.28. The molecule has 0 aromatic carbocycles. The van der Waals surface area contributed by atoms with Gasteiger partial charge < -0.3 is 14.2 Å². The zero-order valence-electron chi connectivity index (χ0n) is 14.5. The second kappa shape index (κ2) is 5.15. The second-order valence-corrected chi connectivity index (χ2v) is 7.52. The molecule has 23 heavy (non-hydrogen) atoms. The molecule has 1 spiro atoms. The van der Waals surface area contributed by atoms with Crippen LogP contribution in [-0.2, 0) is 23.8 Å². The summed E-state index contributed by atoms with van der Waals surface area (Å²) in [4.78, 5) is 25.1. The van der Waals surface area contributed by atoms with E-state index in [-0.39, 0.29) is 30.3 Å². The lowest BCUT2D eigenvalue weighted by Crippen LogP contribution is -2.53. The molecule has 3 rings (SSSR count). The predicted molar refractivity (Wildman–Crippen MR) is 83.8 cm³/mol. The van der Waals surface area contributed by atoms with Crippen molar-refractivity contribution in [3.63, 3.8) is 0 Å². The molecule has 0 amide bonds. The molecule has 0 aromatic rings. The number of hydrogen-bond acceptors (Lipinski definition) is 5. The van der Waals surface area contributed by atoms with E-state index >= 15 is 0 Å². The highest BCUT2D eigenvalue weighted by Crippen LogP contribution is 2.68. The minimum absolute atomic E-state index is 0.0443. The maximum Gasteiger partial charge on any atom is 0.338 e. The molecule has 6 atom stereocenters. The molecular formula is C18H26O5. The maximum atomic E-state index is 12.7. The first-order valence-corrected chi connectivity index (χ1v) is 8.41. The van der Waals surface area contributed by atoms with Crippen molar-refractivity contribution in [3.05, 3.63) is 12.2 Å². The summed E-state index contributed by atoms with van der Waals surface area (Å²) in [5.41, 5.74) is -0.975. The Labute approximate surface area is 137 Å². The monoisotopic (exact) mass is 322 g/mol. The Morgan fingerprint density at radius 1 is 1.48 bits per heavy atom. The Balaban J connectivity index is 2.07. The van der Waals surface area contributed by atoms with Gasteiger partial charge in [-0.2, -0.15) is 0 Å². The van der Waals surface area contributed by atoms with Crippen molar-refractivity contribution in [1.29, 1.82) is 0 Å². The standard InChI is InChI=1S/C18H26O5/c1-7-21-16(20)15-18-13(14(22-15)10(4)5)11(9(2)3)8-12(19)17(18,6)23-18/h9,11,13-15H,4,7-8H2,1-3,5-6H3/t11-,13+,14+,15-,17-,18-/m1/s1. The Morgan fingerprint density at radius 3 is 2.65 bits per heavy atom. The van der Waals surface area contributed by atoms with E-state index in [1.54, 1.807) is 13.8 Å². The molecule has 1 saturated carbocycles. The van der Waals surface area contributed by atoms with E-state index in [4.69, 9.17) is 14.2 Å². The van der Waals surface area contributed by atoms with Gasteiger partial charge in [-0.05, 0) is 32.6 Å². The fraction of sp³-hybridized carbons (Fsp3) is 0.778. The molecule has 0 radical (unpaired) electrons. The van der Waals surface area contributed by atoms with Crippen LogP contribution in [0.1, 0.15) is 41.0 Å². The van der Waals surface area contributed by atoms with Gasteiger partial charge in [0, 0.05) is 12.3 Å². The van der Waals surface area contributed by atoms with E-state index in [9.17, 15) is 9.59 Å². The van der Waals surface area contributed by atoms with Gasteiger partial charge in [-0.3, -0.25) is 4.79 Å². The van der Waals surface area contributed by atoms with Crippen molar-refractivity contribution in [1.82, 2.24) is 0 Å². The smallest absolute Gasteiger partial charge is 0.338 e. The summed E-state index contributed by atoms with van der Waals surface area (Å²) in [6.45, 7) is 14.0. The lowest BCUT2D eigenvalue weighted by atomic mass is 9.61. The lowest BCUT2D eigenvalue weighted by molar-refractivity contribution is -0.157. The number of ketones is 1. The van der Waals surface area contributed by atoms with Crippen LogP contribution in [0.3, 0.4) is 0 Å². The first-order chi connectivity index (χ1) is 10.7. The molecule has 2 heterocycles. The summed E-state index contributed by atoms with van der Waals surface area (Å²) < 4.78 is 17.3.